The monoisotopic (exact) mass is 392 g/mol. The highest BCUT2D eigenvalue weighted by Gasteiger charge is 2.22. The van der Waals surface area contributed by atoms with E-state index < -0.39 is 5.60 Å². The lowest BCUT2D eigenvalue weighted by Gasteiger charge is -2.20. The Morgan fingerprint density at radius 2 is 2.08 bits per heavy atom. The molecule has 3 N–H and O–H groups in total. The number of aliphatic hydroxyl groups is 1. The number of nitrogen functional groups attached to an aromatic ring is 1. The van der Waals surface area contributed by atoms with E-state index in [1.807, 2.05) is 22.8 Å². The molecule has 6 nitrogen and oxygen atoms in total. The van der Waals surface area contributed by atoms with Crippen LogP contribution in [-0.4, -0.2) is 39.0 Å². The van der Waals surface area contributed by atoms with Gasteiger partial charge in [0.1, 0.15) is 11.3 Å². The summed E-state index contributed by atoms with van der Waals surface area (Å²) in [5.41, 5.74) is 7.64. The number of nitrogens with two attached hydrogens (primary N) is 1. The van der Waals surface area contributed by atoms with Gasteiger partial charge in [-0.15, -0.1) is 0 Å². The summed E-state index contributed by atoms with van der Waals surface area (Å²) in [6.07, 6.45) is 0.638. The van der Waals surface area contributed by atoms with Crippen molar-refractivity contribution in [2.24, 2.45) is 0 Å². The number of hydrogen-bond donors (Lipinski definition) is 2. The third kappa shape index (κ3) is 3.24. The zero-order chi connectivity index (χ0) is 17.5. The van der Waals surface area contributed by atoms with E-state index in [0.29, 0.717) is 30.9 Å². The summed E-state index contributed by atoms with van der Waals surface area (Å²) in [5, 5.41) is 11.3. The topological polar surface area (TPSA) is 86.2 Å². The molecule has 3 rings (SSSR count). The minimum Gasteiger partial charge on any atom is -0.389 e. The first-order valence-corrected chi connectivity index (χ1v) is 8.54. The van der Waals surface area contributed by atoms with Crippen molar-refractivity contribution in [3.05, 3.63) is 28.5 Å². The Morgan fingerprint density at radius 1 is 1.33 bits per heavy atom. The molecule has 0 fully saturated rings. The summed E-state index contributed by atoms with van der Waals surface area (Å²) in [6, 6.07) is 5.90. The Kier molecular flexibility index (Phi) is 4.50. The van der Waals surface area contributed by atoms with E-state index in [9.17, 15) is 5.11 Å². The van der Waals surface area contributed by atoms with E-state index in [0.717, 1.165) is 26.7 Å². The molecule has 0 saturated heterocycles. The summed E-state index contributed by atoms with van der Waals surface area (Å²) in [4.78, 5) is 9.15. The highest BCUT2D eigenvalue weighted by Crippen LogP contribution is 2.31. The number of halogens is 1. The number of benzene rings is 1. The molecule has 0 unspecified atom stereocenters. The summed E-state index contributed by atoms with van der Waals surface area (Å²) in [7, 11) is 1.66. The minimum atomic E-state index is -0.880. The molecule has 0 radical (unpaired) electrons. The molecule has 0 amide bonds. The SMILES string of the molecule is COCCc1nc2c(N)nc3cc(Br)ccc3c2n1CC(C)(C)O. The fraction of sp³-hybridized carbons (Fsp3) is 0.412. The maximum Gasteiger partial charge on any atom is 0.152 e. The standard InChI is InChI=1S/C17H21BrN4O2/c1-17(2,23)9-22-13(6-7-24-3)21-14-15(22)11-5-4-10(18)8-12(11)20-16(14)19/h4-5,8,23H,6-7,9H2,1-3H3,(H2,19,20). The predicted octanol–water partition coefficient (Wildman–Crippen LogP) is 2.89. The summed E-state index contributed by atoms with van der Waals surface area (Å²) < 4.78 is 8.16. The van der Waals surface area contributed by atoms with Crippen molar-refractivity contribution in [3.8, 4) is 0 Å². The highest BCUT2D eigenvalue weighted by atomic mass is 79.9. The van der Waals surface area contributed by atoms with Crippen LogP contribution in [0.25, 0.3) is 21.9 Å². The Bertz CT molecular complexity index is 899. The molecule has 0 aliphatic rings. The van der Waals surface area contributed by atoms with Gasteiger partial charge in [0.25, 0.3) is 0 Å². The molecule has 128 valence electrons. The highest BCUT2D eigenvalue weighted by molar-refractivity contribution is 9.10. The molecule has 7 heteroatoms. The van der Waals surface area contributed by atoms with Crippen molar-refractivity contribution in [1.82, 2.24) is 14.5 Å². The summed E-state index contributed by atoms with van der Waals surface area (Å²) in [5.74, 6) is 1.22. The third-order valence-electron chi connectivity index (χ3n) is 3.82. The molecule has 0 atom stereocenters. The van der Waals surface area contributed by atoms with Crippen LogP contribution in [0.4, 0.5) is 5.82 Å². The van der Waals surface area contributed by atoms with Crippen LogP contribution in [0.2, 0.25) is 0 Å². The van der Waals surface area contributed by atoms with Gasteiger partial charge in [-0.25, -0.2) is 9.97 Å². The largest absolute Gasteiger partial charge is 0.389 e. The van der Waals surface area contributed by atoms with Gasteiger partial charge in [0.2, 0.25) is 0 Å². The summed E-state index contributed by atoms with van der Waals surface area (Å²) >= 11 is 3.47. The fourth-order valence-electron chi connectivity index (χ4n) is 2.87. The maximum atomic E-state index is 10.4. The molecule has 0 bridgehead atoms. The molecule has 24 heavy (non-hydrogen) atoms. The van der Waals surface area contributed by atoms with Crippen molar-refractivity contribution >= 4 is 43.7 Å². The van der Waals surface area contributed by atoms with Crippen LogP contribution in [0, 0.1) is 0 Å². The van der Waals surface area contributed by atoms with Gasteiger partial charge in [0.15, 0.2) is 5.82 Å². The van der Waals surface area contributed by atoms with Gasteiger partial charge < -0.3 is 20.1 Å². The Balaban J connectivity index is 2.34. The van der Waals surface area contributed by atoms with Crippen molar-refractivity contribution < 1.29 is 9.84 Å². The number of nitrogens with zero attached hydrogens (tertiary/aromatic N) is 3. The number of rotatable bonds is 5. The van der Waals surface area contributed by atoms with E-state index in [-0.39, 0.29) is 0 Å². The van der Waals surface area contributed by atoms with Gasteiger partial charge in [0, 0.05) is 23.4 Å². The molecule has 3 aromatic rings. The smallest absolute Gasteiger partial charge is 0.152 e. The fourth-order valence-corrected chi connectivity index (χ4v) is 3.22. The number of pyridine rings is 1. The van der Waals surface area contributed by atoms with Gasteiger partial charge in [-0.2, -0.15) is 0 Å². The van der Waals surface area contributed by atoms with E-state index in [2.05, 4.69) is 25.9 Å². The molecule has 0 spiro atoms. The third-order valence-corrected chi connectivity index (χ3v) is 4.31. The second-order valence-electron chi connectivity index (χ2n) is 6.53. The van der Waals surface area contributed by atoms with E-state index >= 15 is 0 Å². The first-order valence-electron chi connectivity index (χ1n) is 7.75. The number of imidazole rings is 1. The molecule has 1 aromatic carbocycles. The van der Waals surface area contributed by atoms with Crippen molar-refractivity contribution in [3.63, 3.8) is 0 Å². The van der Waals surface area contributed by atoms with E-state index in [1.165, 1.54) is 0 Å². The maximum absolute atomic E-state index is 10.4. The minimum absolute atomic E-state index is 0.392. The number of ether oxygens (including phenoxy) is 1. The van der Waals surface area contributed by atoms with Gasteiger partial charge in [-0.05, 0) is 32.0 Å². The predicted molar refractivity (Wildman–Crippen MR) is 99.0 cm³/mol. The number of anilines is 1. The zero-order valence-corrected chi connectivity index (χ0v) is 15.6. The second kappa shape index (κ2) is 6.31. The van der Waals surface area contributed by atoms with Crippen LogP contribution in [0.1, 0.15) is 19.7 Å². The number of methoxy groups -OCH3 is 1. The van der Waals surface area contributed by atoms with Crippen LogP contribution < -0.4 is 5.73 Å². The molecular weight excluding hydrogens is 372 g/mol. The first-order chi connectivity index (χ1) is 11.3. The molecule has 2 heterocycles. The number of hydrogen-bond acceptors (Lipinski definition) is 5. The Labute approximate surface area is 148 Å². The molecule has 0 aliphatic carbocycles. The molecular formula is C17H21BrN4O2. The normalized spacial score (nSPS) is 12.4. The van der Waals surface area contributed by atoms with Crippen LogP contribution in [-0.2, 0) is 17.7 Å². The lowest BCUT2D eigenvalue weighted by molar-refractivity contribution is 0.0615. The number of aromatic nitrogens is 3. The van der Waals surface area contributed by atoms with Gasteiger partial charge in [-0.3, -0.25) is 0 Å². The second-order valence-corrected chi connectivity index (χ2v) is 7.44. The van der Waals surface area contributed by atoms with Crippen LogP contribution in [0.3, 0.4) is 0 Å². The van der Waals surface area contributed by atoms with Crippen LogP contribution >= 0.6 is 15.9 Å². The Morgan fingerprint density at radius 3 is 2.75 bits per heavy atom. The van der Waals surface area contributed by atoms with Crippen LogP contribution in [0.5, 0.6) is 0 Å². The van der Waals surface area contributed by atoms with Crippen LogP contribution in [0.15, 0.2) is 22.7 Å². The first kappa shape index (κ1) is 17.1. The lowest BCUT2D eigenvalue weighted by atomic mass is 10.1. The van der Waals surface area contributed by atoms with Gasteiger partial charge in [0.05, 0.1) is 29.8 Å². The zero-order valence-electron chi connectivity index (χ0n) is 14.0. The van der Waals surface area contributed by atoms with E-state index in [4.69, 9.17) is 10.5 Å². The molecule has 2 aromatic heterocycles. The van der Waals surface area contributed by atoms with Crippen molar-refractivity contribution in [2.45, 2.75) is 32.4 Å². The molecule has 0 aliphatic heterocycles. The van der Waals surface area contributed by atoms with E-state index in [1.54, 1.807) is 21.0 Å². The molecule has 0 saturated carbocycles. The summed E-state index contributed by atoms with van der Waals surface area (Å²) in [6.45, 7) is 4.52. The average Bonchev–Trinajstić information content (AvgIpc) is 2.82. The Hall–Kier alpha value is -1.70. The quantitative estimate of drug-likeness (QED) is 0.696. The number of fused-ring (bicyclic) bond motifs is 3. The van der Waals surface area contributed by atoms with Crippen molar-refractivity contribution in [2.75, 3.05) is 19.5 Å². The van der Waals surface area contributed by atoms with Gasteiger partial charge in [-0.1, -0.05) is 15.9 Å². The van der Waals surface area contributed by atoms with Crippen molar-refractivity contribution in [1.29, 1.82) is 0 Å². The lowest BCUT2D eigenvalue weighted by Crippen LogP contribution is -2.27. The average molecular weight is 393 g/mol. The van der Waals surface area contributed by atoms with Gasteiger partial charge >= 0.3 is 0 Å².